The van der Waals surface area contributed by atoms with E-state index in [1.807, 2.05) is 28.7 Å². The Balaban J connectivity index is 1.59. The fourth-order valence-corrected chi connectivity index (χ4v) is 3.46. The average molecular weight is 273 g/mol. The largest absolute Gasteiger partial charge is 0.379 e. The van der Waals surface area contributed by atoms with Gasteiger partial charge in [-0.3, -0.25) is 4.68 Å². The number of aromatic nitrogens is 2. The molecule has 19 heavy (non-hydrogen) atoms. The maximum absolute atomic E-state index is 4.42. The number of benzene rings is 1. The number of nitrogens with zero attached hydrogens (tertiary/aromatic N) is 2. The Morgan fingerprint density at radius 2 is 2.21 bits per heavy atom. The van der Waals surface area contributed by atoms with Crippen LogP contribution in [0, 0.1) is 0 Å². The van der Waals surface area contributed by atoms with Gasteiger partial charge in [-0.25, -0.2) is 0 Å². The van der Waals surface area contributed by atoms with Crippen molar-refractivity contribution >= 4 is 17.4 Å². The molecule has 1 N–H and O–H groups in total. The smallest absolute Gasteiger partial charge is 0.0729 e. The summed E-state index contributed by atoms with van der Waals surface area (Å²) in [4.78, 5) is 0. The van der Waals surface area contributed by atoms with Crippen LogP contribution < -0.4 is 5.32 Å². The molecule has 3 rings (SSSR count). The third kappa shape index (κ3) is 3.53. The van der Waals surface area contributed by atoms with Gasteiger partial charge in [0.1, 0.15) is 0 Å². The van der Waals surface area contributed by atoms with Crippen LogP contribution in [-0.4, -0.2) is 27.3 Å². The van der Waals surface area contributed by atoms with Gasteiger partial charge in [-0.2, -0.15) is 16.9 Å². The van der Waals surface area contributed by atoms with Crippen LogP contribution in [0.15, 0.2) is 42.7 Å². The van der Waals surface area contributed by atoms with Gasteiger partial charge in [-0.15, -0.1) is 0 Å². The Bertz CT molecular complexity index is 503. The lowest BCUT2D eigenvalue weighted by molar-refractivity contribution is 0.680. The van der Waals surface area contributed by atoms with Crippen LogP contribution in [0.2, 0.25) is 0 Å². The summed E-state index contributed by atoms with van der Waals surface area (Å²) in [5.74, 6) is 2.52. The molecule has 1 aromatic heterocycles. The molecular formula is C15H19N3S. The standard InChI is InChI=1S/C15H19N3S/c1-2-5-13(6-3-1)10-18-11-15(9-16-18)17-14-7-4-8-19-12-14/h1-3,5-6,9,11,14,17H,4,7-8,10,12H2. The summed E-state index contributed by atoms with van der Waals surface area (Å²) in [7, 11) is 0. The number of thioether (sulfide) groups is 1. The molecule has 0 saturated carbocycles. The van der Waals surface area contributed by atoms with Gasteiger partial charge in [0.25, 0.3) is 0 Å². The van der Waals surface area contributed by atoms with Crippen molar-refractivity contribution < 1.29 is 0 Å². The highest BCUT2D eigenvalue weighted by molar-refractivity contribution is 7.99. The summed E-state index contributed by atoms with van der Waals surface area (Å²) < 4.78 is 1.99. The van der Waals surface area contributed by atoms with Crippen LogP contribution >= 0.6 is 11.8 Å². The first-order valence-electron chi connectivity index (χ1n) is 6.81. The van der Waals surface area contributed by atoms with E-state index in [9.17, 15) is 0 Å². The minimum Gasteiger partial charge on any atom is -0.379 e. The van der Waals surface area contributed by atoms with Crippen molar-refractivity contribution in [3.05, 3.63) is 48.3 Å². The van der Waals surface area contributed by atoms with E-state index in [4.69, 9.17) is 0 Å². The monoisotopic (exact) mass is 273 g/mol. The lowest BCUT2D eigenvalue weighted by Gasteiger charge is -2.22. The average Bonchev–Trinajstić information content (AvgIpc) is 2.88. The van der Waals surface area contributed by atoms with Crippen molar-refractivity contribution in [2.45, 2.75) is 25.4 Å². The molecule has 1 aliphatic heterocycles. The third-order valence-corrected chi connectivity index (χ3v) is 4.57. The zero-order valence-corrected chi connectivity index (χ0v) is 11.8. The molecule has 1 aromatic carbocycles. The summed E-state index contributed by atoms with van der Waals surface area (Å²) in [5, 5.41) is 8.01. The molecule has 1 unspecified atom stereocenters. The van der Waals surface area contributed by atoms with Gasteiger partial charge in [-0.1, -0.05) is 30.3 Å². The number of anilines is 1. The molecular weight excluding hydrogens is 254 g/mol. The second kappa shape index (κ2) is 6.15. The molecule has 0 radical (unpaired) electrons. The molecule has 3 nitrogen and oxygen atoms in total. The van der Waals surface area contributed by atoms with Crippen LogP contribution in [0.5, 0.6) is 0 Å². The highest BCUT2D eigenvalue weighted by Gasteiger charge is 2.13. The molecule has 1 atom stereocenters. The molecule has 1 saturated heterocycles. The van der Waals surface area contributed by atoms with Gasteiger partial charge >= 0.3 is 0 Å². The lowest BCUT2D eigenvalue weighted by atomic mass is 10.2. The Labute approximate surface area is 118 Å². The molecule has 0 aliphatic carbocycles. The first-order valence-corrected chi connectivity index (χ1v) is 7.96. The Kier molecular flexibility index (Phi) is 4.08. The highest BCUT2D eigenvalue weighted by atomic mass is 32.2. The van der Waals surface area contributed by atoms with E-state index in [0.717, 1.165) is 12.2 Å². The molecule has 1 aliphatic rings. The van der Waals surface area contributed by atoms with Crippen LogP contribution in [0.4, 0.5) is 5.69 Å². The number of rotatable bonds is 4. The topological polar surface area (TPSA) is 29.9 Å². The highest BCUT2D eigenvalue weighted by Crippen LogP contribution is 2.20. The molecule has 100 valence electrons. The summed E-state index contributed by atoms with van der Waals surface area (Å²) in [5.41, 5.74) is 2.42. The second-order valence-corrected chi connectivity index (χ2v) is 6.12. The van der Waals surface area contributed by atoms with Gasteiger partial charge in [0.15, 0.2) is 0 Å². The van der Waals surface area contributed by atoms with Crippen molar-refractivity contribution in [3.63, 3.8) is 0 Å². The van der Waals surface area contributed by atoms with Gasteiger partial charge in [0, 0.05) is 18.0 Å². The minimum atomic E-state index is 0.605. The predicted molar refractivity (Wildman–Crippen MR) is 81.7 cm³/mol. The Morgan fingerprint density at radius 3 is 3.00 bits per heavy atom. The second-order valence-electron chi connectivity index (χ2n) is 4.97. The van der Waals surface area contributed by atoms with E-state index in [1.165, 1.54) is 29.9 Å². The molecule has 0 spiro atoms. The maximum atomic E-state index is 4.42. The first kappa shape index (κ1) is 12.6. The summed E-state index contributed by atoms with van der Waals surface area (Å²) >= 11 is 2.04. The van der Waals surface area contributed by atoms with E-state index < -0.39 is 0 Å². The molecule has 0 bridgehead atoms. The predicted octanol–water partition coefficient (Wildman–Crippen LogP) is 3.24. The van der Waals surface area contributed by atoms with Crippen LogP contribution in [0.3, 0.4) is 0 Å². The van der Waals surface area contributed by atoms with Crippen LogP contribution in [-0.2, 0) is 6.54 Å². The third-order valence-electron chi connectivity index (χ3n) is 3.35. The number of nitrogens with one attached hydrogen (secondary N) is 1. The van der Waals surface area contributed by atoms with E-state index in [0.29, 0.717) is 6.04 Å². The van der Waals surface area contributed by atoms with Gasteiger partial charge in [0.2, 0.25) is 0 Å². The summed E-state index contributed by atoms with van der Waals surface area (Å²) in [6, 6.07) is 11.0. The van der Waals surface area contributed by atoms with E-state index in [-0.39, 0.29) is 0 Å². The Hall–Kier alpha value is -1.42. The van der Waals surface area contributed by atoms with E-state index in [2.05, 4.69) is 40.9 Å². The van der Waals surface area contributed by atoms with E-state index in [1.54, 1.807) is 0 Å². The fourth-order valence-electron chi connectivity index (χ4n) is 2.39. The Morgan fingerprint density at radius 1 is 1.32 bits per heavy atom. The lowest BCUT2D eigenvalue weighted by Crippen LogP contribution is -2.25. The summed E-state index contributed by atoms with van der Waals surface area (Å²) in [6.07, 6.45) is 6.63. The van der Waals surface area contributed by atoms with Crippen molar-refractivity contribution in [2.24, 2.45) is 0 Å². The molecule has 0 amide bonds. The van der Waals surface area contributed by atoms with Crippen molar-refractivity contribution in [2.75, 3.05) is 16.8 Å². The quantitative estimate of drug-likeness (QED) is 0.927. The first-order chi connectivity index (χ1) is 9.40. The zero-order chi connectivity index (χ0) is 12.9. The van der Waals surface area contributed by atoms with E-state index >= 15 is 0 Å². The fraction of sp³-hybridized carbons (Fsp3) is 0.400. The van der Waals surface area contributed by atoms with Gasteiger partial charge in [-0.05, 0) is 24.2 Å². The van der Waals surface area contributed by atoms with Crippen molar-refractivity contribution in [1.82, 2.24) is 9.78 Å². The molecule has 2 aromatic rings. The normalized spacial score (nSPS) is 19.3. The minimum absolute atomic E-state index is 0.605. The van der Waals surface area contributed by atoms with Crippen LogP contribution in [0.1, 0.15) is 18.4 Å². The molecule has 4 heteroatoms. The SMILES string of the molecule is c1ccc(Cn2cc(NC3CCCSC3)cn2)cc1. The van der Waals surface area contributed by atoms with Crippen molar-refractivity contribution in [1.29, 1.82) is 0 Å². The van der Waals surface area contributed by atoms with Crippen LogP contribution in [0.25, 0.3) is 0 Å². The molecule has 2 heterocycles. The van der Waals surface area contributed by atoms with Crippen molar-refractivity contribution in [3.8, 4) is 0 Å². The molecule has 1 fully saturated rings. The maximum Gasteiger partial charge on any atom is 0.0729 e. The zero-order valence-electron chi connectivity index (χ0n) is 11.0. The number of hydrogen-bond donors (Lipinski definition) is 1. The van der Waals surface area contributed by atoms with Gasteiger partial charge in [0.05, 0.1) is 18.4 Å². The summed E-state index contributed by atoms with van der Waals surface area (Å²) in [6.45, 7) is 0.835. The number of hydrogen-bond acceptors (Lipinski definition) is 3. The van der Waals surface area contributed by atoms with Gasteiger partial charge < -0.3 is 5.32 Å².